The molecule has 0 aliphatic carbocycles. The zero-order valence-corrected chi connectivity index (χ0v) is 12.2. The average molecular weight is 316 g/mol. The fraction of sp³-hybridized carbons (Fsp3) is 0.467. The van der Waals surface area contributed by atoms with E-state index in [0.29, 0.717) is 18.5 Å². The maximum Gasteiger partial charge on any atom is 0.416 e. The topological polar surface area (TPSA) is 72.2 Å². The van der Waals surface area contributed by atoms with Crippen molar-refractivity contribution in [2.45, 2.75) is 38.3 Å². The van der Waals surface area contributed by atoms with E-state index in [9.17, 15) is 22.8 Å². The van der Waals surface area contributed by atoms with Crippen molar-refractivity contribution < 1.29 is 22.8 Å². The molecule has 1 aromatic rings. The standard InChI is InChI=1S/C15H19F3N2O2/c1-10(9-14(22)20-8-2-3-13(19)21)11-4-6-12(7-5-11)15(16,17)18/h4-7,10H,2-3,8-9H2,1H3,(H2,19,21)(H,20,22). The van der Waals surface area contributed by atoms with Crippen LogP contribution in [0.25, 0.3) is 0 Å². The third-order valence-corrected chi connectivity index (χ3v) is 3.22. The molecule has 0 radical (unpaired) electrons. The summed E-state index contributed by atoms with van der Waals surface area (Å²) in [6.07, 6.45) is -3.52. The molecule has 1 unspecified atom stereocenters. The molecule has 4 nitrogen and oxygen atoms in total. The van der Waals surface area contributed by atoms with Gasteiger partial charge in [0.2, 0.25) is 11.8 Å². The van der Waals surface area contributed by atoms with E-state index in [1.165, 1.54) is 12.1 Å². The number of carbonyl (C=O) groups excluding carboxylic acids is 2. The van der Waals surface area contributed by atoms with E-state index in [0.717, 1.165) is 12.1 Å². The molecule has 0 heterocycles. The van der Waals surface area contributed by atoms with Gasteiger partial charge in [-0.2, -0.15) is 13.2 Å². The van der Waals surface area contributed by atoms with Crippen molar-refractivity contribution in [3.8, 4) is 0 Å². The lowest BCUT2D eigenvalue weighted by atomic mass is 9.96. The molecular weight excluding hydrogens is 297 g/mol. The lowest BCUT2D eigenvalue weighted by molar-refractivity contribution is -0.137. The van der Waals surface area contributed by atoms with Gasteiger partial charge in [-0.15, -0.1) is 0 Å². The van der Waals surface area contributed by atoms with Gasteiger partial charge in [-0.25, -0.2) is 0 Å². The summed E-state index contributed by atoms with van der Waals surface area (Å²) < 4.78 is 37.4. The number of alkyl halides is 3. The first kappa shape index (κ1) is 18.0. The van der Waals surface area contributed by atoms with Crippen LogP contribution in [0.3, 0.4) is 0 Å². The number of carbonyl (C=O) groups is 2. The van der Waals surface area contributed by atoms with Crippen molar-refractivity contribution in [2.24, 2.45) is 5.73 Å². The normalized spacial score (nSPS) is 12.7. The minimum absolute atomic E-state index is 0.169. The van der Waals surface area contributed by atoms with Crippen LogP contribution in [0.5, 0.6) is 0 Å². The van der Waals surface area contributed by atoms with Gasteiger partial charge in [-0.1, -0.05) is 19.1 Å². The first-order chi connectivity index (χ1) is 10.2. The van der Waals surface area contributed by atoms with Crippen LogP contribution in [0.4, 0.5) is 13.2 Å². The minimum atomic E-state index is -4.36. The zero-order valence-electron chi connectivity index (χ0n) is 12.2. The average Bonchev–Trinajstić information content (AvgIpc) is 2.42. The predicted molar refractivity (Wildman–Crippen MR) is 75.9 cm³/mol. The Hall–Kier alpha value is -2.05. The van der Waals surface area contributed by atoms with E-state index in [-0.39, 0.29) is 24.7 Å². The molecule has 0 aliphatic heterocycles. The van der Waals surface area contributed by atoms with Gasteiger partial charge in [0.05, 0.1) is 5.56 Å². The summed E-state index contributed by atoms with van der Waals surface area (Å²) in [5.74, 6) is -0.831. The van der Waals surface area contributed by atoms with Crippen LogP contribution in [0.1, 0.15) is 43.2 Å². The predicted octanol–water partition coefficient (Wildman–Crippen LogP) is 2.58. The quantitative estimate of drug-likeness (QED) is 0.759. The summed E-state index contributed by atoms with van der Waals surface area (Å²) in [6.45, 7) is 2.12. The Morgan fingerprint density at radius 3 is 2.32 bits per heavy atom. The van der Waals surface area contributed by atoms with Gasteiger partial charge in [0, 0.05) is 19.4 Å². The summed E-state index contributed by atoms with van der Waals surface area (Å²) in [5.41, 5.74) is 4.94. The molecule has 7 heteroatoms. The second-order valence-corrected chi connectivity index (χ2v) is 5.14. The second-order valence-electron chi connectivity index (χ2n) is 5.14. The number of hydrogen-bond donors (Lipinski definition) is 2. The molecule has 0 fully saturated rings. The van der Waals surface area contributed by atoms with Crippen LogP contribution in [0.2, 0.25) is 0 Å². The highest BCUT2D eigenvalue weighted by Crippen LogP contribution is 2.30. The number of hydrogen-bond acceptors (Lipinski definition) is 2. The number of rotatable bonds is 7. The lowest BCUT2D eigenvalue weighted by Gasteiger charge is -2.13. The van der Waals surface area contributed by atoms with Crippen molar-refractivity contribution in [3.05, 3.63) is 35.4 Å². The molecule has 0 spiro atoms. The highest BCUT2D eigenvalue weighted by Gasteiger charge is 2.30. The largest absolute Gasteiger partial charge is 0.416 e. The molecule has 122 valence electrons. The number of nitrogens with two attached hydrogens (primary N) is 1. The van der Waals surface area contributed by atoms with E-state index in [1.807, 2.05) is 0 Å². The van der Waals surface area contributed by atoms with Crippen LogP contribution in [-0.4, -0.2) is 18.4 Å². The van der Waals surface area contributed by atoms with Gasteiger partial charge < -0.3 is 11.1 Å². The van der Waals surface area contributed by atoms with Crippen LogP contribution >= 0.6 is 0 Å². The Morgan fingerprint density at radius 1 is 1.23 bits per heavy atom. The number of halogens is 3. The molecule has 2 amide bonds. The van der Waals surface area contributed by atoms with Crippen molar-refractivity contribution in [1.29, 1.82) is 0 Å². The van der Waals surface area contributed by atoms with Crippen molar-refractivity contribution in [2.75, 3.05) is 6.54 Å². The molecule has 0 saturated heterocycles. The monoisotopic (exact) mass is 316 g/mol. The second kappa shape index (κ2) is 7.82. The van der Waals surface area contributed by atoms with Crippen LogP contribution in [0.15, 0.2) is 24.3 Å². The fourth-order valence-corrected chi connectivity index (χ4v) is 1.96. The van der Waals surface area contributed by atoms with Gasteiger partial charge in [-0.05, 0) is 30.0 Å². The summed E-state index contributed by atoms with van der Waals surface area (Å²) in [4.78, 5) is 22.2. The summed E-state index contributed by atoms with van der Waals surface area (Å²) >= 11 is 0. The Morgan fingerprint density at radius 2 is 1.82 bits per heavy atom. The summed E-state index contributed by atoms with van der Waals surface area (Å²) in [5, 5.41) is 2.65. The molecular formula is C15H19F3N2O2. The Bertz CT molecular complexity index is 513. The van der Waals surface area contributed by atoms with Crippen LogP contribution in [-0.2, 0) is 15.8 Å². The van der Waals surface area contributed by atoms with E-state index in [1.54, 1.807) is 6.92 Å². The lowest BCUT2D eigenvalue weighted by Crippen LogP contribution is -2.26. The molecule has 1 atom stereocenters. The third-order valence-electron chi connectivity index (χ3n) is 3.22. The Balaban J connectivity index is 2.46. The maximum absolute atomic E-state index is 12.5. The third kappa shape index (κ3) is 6.15. The van der Waals surface area contributed by atoms with Gasteiger partial charge in [0.25, 0.3) is 0 Å². The van der Waals surface area contributed by atoms with Gasteiger partial charge in [-0.3, -0.25) is 9.59 Å². The summed E-state index contributed by atoms with van der Waals surface area (Å²) in [7, 11) is 0. The number of primary amides is 1. The number of amides is 2. The van der Waals surface area contributed by atoms with Gasteiger partial charge in [0.1, 0.15) is 0 Å². The smallest absolute Gasteiger partial charge is 0.370 e. The molecule has 3 N–H and O–H groups in total. The highest BCUT2D eigenvalue weighted by molar-refractivity contribution is 5.77. The van der Waals surface area contributed by atoms with Crippen molar-refractivity contribution in [3.63, 3.8) is 0 Å². The highest BCUT2D eigenvalue weighted by atomic mass is 19.4. The van der Waals surface area contributed by atoms with E-state index < -0.39 is 17.6 Å². The fourth-order valence-electron chi connectivity index (χ4n) is 1.96. The van der Waals surface area contributed by atoms with E-state index >= 15 is 0 Å². The van der Waals surface area contributed by atoms with Crippen LogP contribution < -0.4 is 11.1 Å². The van der Waals surface area contributed by atoms with Gasteiger partial charge >= 0.3 is 6.18 Å². The maximum atomic E-state index is 12.5. The van der Waals surface area contributed by atoms with E-state index in [4.69, 9.17) is 5.73 Å². The summed E-state index contributed by atoms with van der Waals surface area (Å²) in [6, 6.07) is 4.79. The first-order valence-corrected chi connectivity index (χ1v) is 6.92. The van der Waals surface area contributed by atoms with Crippen molar-refractivity contribution >= 4 is 11.8 Å². The minimum Gasteiger partial charge on any atom is -0.370 e. The molecule has 0 aliphatic rings. The first-order valence-electron chi connectivity index (χ1n) is 6.92. The molecule has 0 aromatic heterocycles. The number of nitrogens with one attached hydrogen (secondary N) is 1. The molecule has 1 rings (SSSR count). The van der Waals surface area contributed by atoms with E-state index in [2.05, 4.69) is 5.32 Å². The zero-order chi connectivity index (χ0) is 16.8. The molecule has 0 bridgehead atoms. The van der Waals surface area contributed by atoms with Gasteiger partial charge in [0.15, 0.2) is 0 Å². The Kier molecular flexibility index (Phi) is 6.39. The molecule has 1 aromatic carbocycles. The number of benzene rings is 1. The Labute approximate surface area is 126 Å². The SMILES string of the molecule is CC(CC(=O)NCCCC(N)=O)c1ccc(C(F)(F)F)cc1. The van der Waals surface area contributed by atoms with Crippen LogP contribution in [0, 0.1) is 0 Å². The molecule has 22 heavy (non-hydrogen) atoms. The molecule has 0 saturated carbocycles. The van der Waals surface area contributed by atoms with Crippen molar-refractivity contribution in [1.82, 2.24) is 5.32 Å².